The lowest BCUT2D eigenvalue weighted by atomic mass is 9.92. The fourth-order valence-electron chi connectivity index (χ4n) is 5.88. The zero-order valence-corrected chi connectivity index (χ0v) is 23.5. The van der Waals surface area contributed by atoms with Crippen molar-refractivity contribution in [2.24, 2.45) is 5.92 Å². The Morgan fingerprint density at radius 2 is 1.85 bits per heavy atom. The minimum Gasteiger partial charge on any atom is -0.496 e. The Bertz CT molecular complexity index is 1650. The van der Waals surface area contributed by atoms with Gasteiger partial charge in [-0.2, -0.15) is 5.10 Å². The largest absolute Gasteiger partial charge is 0.496 e. The number of aromatic nitrogens is 6. The Kier molecular flexibility index (Phi) is 6.49. The van der Waals surface area contributed by atoms with Gasteiger partial charge in [0.05, 0.1) is 35.8 Å². The smallest absolute Gasteiger partial charge is 0.159 e. The van der Waals surface area contributed by atoms with Gasteiger partial charge in [-0.25, -0.2) is 23.1 Å². The second kappa shape index (κ2) is 9.86. The highest BCUT2D eigenvalue weighted by Crippen LogP contribution is 2.37. The molecule has 204 valence electrons. The Labute approximate surface area is 228 Å². The van der Waals surface area contributed by atoms with E-state index < -0.39 is 9.84 Å². The van der Waals surface area contributed by atoms with Gasteiger partial charge >= 0.3 is 0 Å². The Morgan fingerprint density at radius 3 is 2.56 bits per heavy atom. The van der Waals surface area contributed by atoms with Crippen molar-refractivity contribution in [1.29, 1.82) is 0 Å². The van der Waals surface area contributed by atoms with Gasteiger partial charge in [0.1, 0.15) is 27.2 Å². The van der Waals surface area contributed by atoms with Crippen molar-refractivity contribution in [2.45, 2.75) is 51.5 Å². The second-order valence-electron chi connectivity index (χ2n) is 10.8. The number of fused-ring (bicyclic) bond motifs is 1. The van der Waals surface area contributed by atoms with E-state index in [0.29, 0.717) is 24.0 Å². The van der Waals surface area contributed by atoms with Gasteiger partial charge in [0, 0.05) is 60.2 Å². The van der Waals surface area contributed by atoms with E-state index in [1.54, 1.807) is 19.5 Å². The van der Waals surface area contributed by atoms with Crippen LogP contribution in [0.3, 0.4) is 0 Å². The fourth-order valence-corrected chi connectivity index (χ4v) is 7.05. The third-order valence-corrected chi connectivity index (χ3v) is 9.14. The highest BCUT2D eigenvalue weighted by molar-refractivity contribution is 7.90. The van der Waals surface area contributed by atoms with Gasteiger partial charge < -0.3 is 9.64 Å². The van der Waals surface area contributed by atoms with E-state index in [9.17, 15) is 8.42 Å². The third kappa shape index (κ3) is 4.84. The van der Waals surface area contributed by atoms with Crippen LogP contribution in [0.5, 0.6) is 5.75 Å². The number of pyridine rings is 2. The first-order valence-electron chi connectivity index (χ1n) is 13.4. The number of hydrogen-bond donors (Lipinski definition) is 0. The highest BCUT2D eigenvalue weighted by atomic mass is 32.2. The molecular weight excluding hydrogens is 514 g/mol. The molecule has 4 aromatic heterocycles. The van der Waals surface area contributed by atoms with Gasteiger partial charge in [-0.3, -0.25) is 9.97 Å². The van der Waals surface area contributed by atoms with Crippen LogP contribution in [-0.2, 0) is 9.84 Å². The van der Waals surface area contributed by atoms with Gasteiger partial charge in [0.15, 0.2) is 5.82 Å². The van der Waals surface area contributed by atoms with E-state index in [0.717, 1.165) is 52.3 Å². The van der Waals surface area contributed by atoms with Crippen LogP contribution in [0.2, 0.25) is 0 Å². The molecule has 1 aliphatic heterocycles. The normalized spacial score (nSPS) is 19.9. The first kappa shape index (κ1) is 25.7. The highest BCUT2D eigenvalue weighted by Gasteiger charge is 2.39. The van der Waals surface area contributed by atoms with Crippen LogP contribution in [0.25, 0.3) is 28.0 Å². The number of methoxy groups -OCH3 is 1. The molecular formula is C28H33N7O3S. The summed E-state index contributed by atoms with van der Waals surface area (Å²) in [4.78, 5) is 21.3. The molecule has 0 bridgehead atoms. The Balaban J connectivity index is 1.44. The predicted molar refractivity (Wildman–Crippen MR) is 150 cm³/mol. The lowest BCUT2D eigenvalue weighted by Crippen LogP contribution is -2.57. The van der Waals surface area contributed by atoms with Crippen LogP contribution in [0, 0.1) is 12.8 Å². The van der Waals surface area contributed by atoms with Crippen LogP contribution in [0.1, 0.15) is 50.0 Å². The molecule has 1 saturated carbocycles. The van der Waals surface area contributed by atoms with E-state index >= 15 is 0 Å². The summed E-state index contributed by atoms with van der Waals surface area (Å²) in [7, 11) is -1.40. The van der Waals surface area contributed by atoms with Gasteiger partial charge in [0.2, 0.25) is 0 Å². The molecule has 39 heavy (non-hydrogen) atoms. The Morgan fingerprint density at radius 1 is 1.08 bits per heavy atom. The fraction of sp³-hybridized carbons (Fsp3) is 0.464. The van der Waals surface area contributed by atoms with Gasteiger partial charge in [-0.15, -0.1) is 0 Å². The SMILES string of the molecule is COc1ccncc1-c1cc2c(cnn2-c2cc(N3C[C@H](CS(C)(=O)=O)[C@H]3C)nc(C3CCCC3)n2)c(C)n1. The summed E-state index contributed by atoms with van der Waals surface area (Å²) >= 11 is 0. The molecule has 1 saturated heterocycles. The van der Waals surface area contributed by atoms with E-state index in [1.165, 1.54) is 19.1 Å². The monoisotopic (exact) mass is 547 g/mol. The molecule has 2 aliphatic rings. The van der Waals surface area contributed by atoms with Gasteiger partial charge in [-0.1, -0.05) is 12.8 Å². The number of nitrogens with zero attached hydrogens (tertiary/aromatic N) is 7. The van der Waals surface area contributed by atoms with Crippen molar-refractivity contribution in [3.05, 3.63) is 48.3 Å². The van der Waals surface area contributed by atoms with Crippen LogP contribution >= 0.6 is 0 Å². The van der Waals surface area contributed by atoms with Crippen molar-refractivity contribution in [3.63, 3.8) is 0 Å². The van der Waals surface area contributed by atoms with Crippen LogP contribution < -0.4 is 9.64 Å². The van der Waals surface area contributed by atoms with Crippen molar-refractivity contribution >= 4 is 26.6 Å². The molecule has 11 heteroatoms. The molecule has 6 rings (SSSR count). The number of sulfone groups is 1. The van der Waals surface area contributed by atoms with E-state index in [4.69, 9.17) is 24.8 Å². The number of anilines is 1. The third-order valence-electron chi connectivity index (χ3n) is 8.10. The topological polar surface area (TPSA) is 116 Å². The lowest BCUT2D eigenvalue weighted by Gasteiger charge is -2.47. The molecule has 0 spiro atoms. The number of hydrogen-bond acceptors (Lipinski definition) is 9. The van der Waals surface area contributed by atoms with Crippen molar-refractivity contribution in [1.82, 2.24) is 29.7 Å². The van der Waals surface area contributed by atoms with E-state index in [1.807, 2.05) is 36.0 Å². The summed E-state index contributed by atoms with van der Waals surface area (Å²) in [6.45, 7) is 4.70. The van der Waals surface area contributed by atoms with Crippen molar-refractivity contribution in [2.75, 3.05) is 30.6 Å². The second-order valence-corrected chi connectivity index (χ2v) is 13.0. The predicted octanol–water partition coefficient (Wildman–Crippen LogP) is 4.12. The first-order valence-corrected chi connectivity index (χ1v) is 15.5. The molecule has 2 fully saturated rings. The standard InChI is InChI=1S/C28H33N7O3S/c1-17-21-14-30-35(24(21)11-23(31-17)22-13-29-10-9-25(22)38-3)27-12-26(32-28(33-27)19-7-5-6-8-19)34-15-20(18(34)2)16-39(4,36)37/h9-14,18-20H,5-8,15-16H2,1-4H3/t18-,20-/m1/s1. The van der Waals surface area contributed by atoms with Gasteiger partial charge in [-0.05, 0) is 38.8 Å². The number of ether oxygens (including phenoxy) is 1. The summed E-state index contributed by atoms with van der Waals surface area (Å²) in [6.07, 6.45) is 11.1. The van der Waals surface area contributed by atoms with Crippen LogP contribution in [-0.4, -0.2) is 69.8 Å². The first-order chi connectivity index (χ1) is 18.7. The Hall–Kier alpha value is -3.60. The molecule has 0 amide bonds. The summed E-state index contributed by atoms with van der Waals surface area (Å²) in [5.41, 5.74) is 3.29. The van der Waals surface area contributed by atoms with E-state index in [-0.39, 0.29) is 17.7 Å². The summed E-state index contributed by atoms with van der Waals surface area (Å²) in [5.74, 6) is 3.65. The average molecular weight is 548 g/mol. The van der Waals surface area contributed by atoms with Gasteiger partial charge in [0.25, 0.3) is 0 Å². The van der Waals surface area contributed by atoms with Crippen molar-refractivity contribution in [3.8, 4) is 22.8 Å². The number of rotatable bonds is 7. The molecule has 0 radical (unpaired) electrons. The summed E-state index contributed by atoms with van der Waals surface area (Å²) < 4.78 is 31.2. The molecule has 1 aliphatic carbocycles. The maximum atomic E-state index is 11.9. The maximum Gasteiger partial charge on any atom is 0.159 e. The minimum atomic E-state index is -3.04. The zero-order chi connectivity index (χ0) is 27.3. The van der Waals surface area contributed by atoms with Crippen LogP contribution in [0.4, 0.5) is 5.82 Å². The maximum absolute atomic E-state index is 11.9. The molecule has 5 heterocycles. The summed E-state index contributed by atoms with van der Waals surface area (Å²) in [5, 5.41) is 5.68. The molecule has 0 N–H and O–H groups in total. The lowest BCUT2D eigenvalue weighted by molar-refractivity contribution is 0.337. The number of aryl methyl sites for hydroxylation is 1. The van der Waals surface area contributed by atoms with Crippen LogP contribution in [0.15, 0.2) is 36.8 Å². The molecule has 0 aromatic carbocycles. The molecule has 10 nitrogen and oxygen atoms in total. The molecule has 0 unspecified atom stereocenters. The van der Waals surface area contributed by atoms with E-state index in [2.05, 4.69) is 16.8 Å². The minimum absolute atomic E-state index is 0.0735. The summed E-state index contributed by atoms with van der Waals surface area (Å²) in [6, 6.07) is 5.87. The molecule has 2 atom stereocenters. The zero-order valence-electron chi connectivity index (χ0n) is 22.7. The average Bonchev–Trinajstić information content (AvgIpc) is 3.61. The van der Waals surface area contributed by atoms with Crippen molar-refractivity contribution < 1.29 is 13.2 Å². The molecule has 4 aromatic rings. The quantitative estimate of drug-likeness (QED) is 0.337.